The minimum atomic E-state index is 0.503. The number of aryl methyl sites for hydroxylation is 2. The molecule has 144 valence electrons. The summed E-state index contributed by atoms with van der Waals surface area (Å²) in [6, 6.07) is 18.3. The molecule has 0 N–H and O–H groups in total. The first kappa shape index (κ1) is 18.6. The van der Waals surface area contributed by atoms with E-state index < -0.39 is 0 Å². The predicted octanol–water partition coefficient (Wildman–Crippen LogP) is 3.48. The maximum Gasteiger partial charge on any atom is 0.233 e. The number of pyridine rings is 1. The zero-order valence-corrected chi connectivity index (χ0v) is 16.1. The number of hydrogen-bond donors (Lipinski definition) is 0. The Hall–Kier alpha value is -2.79. The van der Waals surface area contributed by atoms with Crippen molar-refractivity contribution in [2.45, 2.75) is 32.3 Å². The third-order valence-corrected chi connectivity index (χ3v) is 5.11. The van der Waals surface area contributed by atoms with Crippen molar-refractivity contribution in [1.82, 2.24) is 20.1 Å². The third-order valence-electron chi connectivity index (χ3n) is 5.11. The standard InChI is InChI=1S/C23H26N4O/c1-2-5-20(6-3-1)18-28-23-12-11-22(25-26-23)10-9-21-8-7-19(17-24-21)13-16-27-14-4-15-27/h1-3,5-8,11-12,17H,4,9-10,13-16,18H2. The maximum atomic E-state index is 5.69. The molecule has 1 fully saturated rings. The maximum absolute atomic E-state index is 5.69. The van der Waals surface area contributed by atoms with E-state index in [-0.39, 0.29) is 0 Å². The molecule has 0 radical (unpaired) electrons. The van der Waals surface area contributed by atoms with Gasteiger partial charge in [0, 0.05) is 24.5 Å². The zero-order chi connectivity index (χ0) is 19.0. The second-order valence-electron chi connectivity index (χ2n) is 7.24. The van der Waals surface area contributed by atoms with Crippen LogP contribution in [0.15, 0.2) is 60.8 Å². The predicted molar refractivity (Wildman–Crippen MR) is 109 cm³/mol. The Labute approximate surface area is 166 Å². The Morgan fingerprint density at radius 2 is 1.61 bits per heavy atom. The molecule has 1 aromatic carbocycles. The fourth-order valence-electron chi connectivity index (χ4n) is 3.19. The molecule has 0 atom stereocenters. The monoisotopic (exact) mass is 374 g/mol. The molecular formula is C23H26N4O. The average Bonchev–Trinajstić information content (AvgIpc) is 2.72. The summed E-state index contributed by atoms with van der Waals surface area (Å²) in [6.45, 7) is 4.16. The van der Waals surface area contributed by atoms with Gasteiger partial charge in [0.1, 0.15) is 6.61 Å². The summed E-state index contributed by atoms with van der Waals surface area (Å²) >= 11 is 0. The van der Waals surface area contributed by atoms with Gasteiger partial charge in [0.25, 0.3) is 0 Å². The van der Waals surface area contributed by atoms with Crippen LogP contribution < -0.4 is 4.74 Å². The van der Waals surface area contributed by atoms with E-state index in [1.165, 1.54) is 25.1 Å². The first-order chi connectivity index (χ1) is 13.8. The molecule has 0 bridgehead atoms. The molecule has 3 aromatic rings. The van der Waals surface area contributed by atoms with Gasteiger partial charge in [-0.2, -0.15) is 5.10 Å². The summed E-state index contributed by atoms with van der Waals surface area (Å²) in [5, 5.41) is 8.46. The summed E-state index contributed by atoms with van der Waals surface area (Å²) < 4.78 is 5.69. The van der Waals surface area contributed by atoms with Crippen LogP contribution in [0.25, 0.3) is 0 Å². The van der Waals surface area contributed by atoms with Crippen LogP contribution >= 0.6 is 0 Å². The fraction of sp³-hybridized carbons (Fsp3) is 0.348. The number of ether oxygens (including phenoxy) is 1. The van der Waals surface area contributed by atoms with Gasteiger partial charge >= 0.3 is 0 Å². The summed E-state index contributed by atoms with van der Waals surface area (Å²) in [4.78, 5) is 7.09. The largest absolute Gasteiger partial charge is 0.472 e. The van der Waals surface area contributed by atoms with E-state index >= 15 is 0 Å². The second-order valence-corrected chi connectivity index (χ2v) is 7.24. The van der Waals surface area contributed by atoms with Gasteiger partial charge in [-0.3, -0.25) is 4.98 Å². The van der Waals surface area contributed by atoms with Crippen molar-refractivity contribution in [2.75, 3.05) is 19.6 Å². The molecule has 0 spiro atoms. The SMILES string of the molecule is c1ccc(COc2ccc(CCc3ccc(CCN4CCC4)cn3)nn2)cc1. The lowest BCUT2D eigenvalue weighted by molar-refractivity contribution is 0.184. The molecule has 0 unspecified atom stereocenters. The van der Waals surface area contributed by atoms with Crippen molar-refractivity contribution in [3.8, 4) is 5.88 Å². The Kier molecular flexibility index (Phi) is 6.25. The van der Waals surface area contributed by atoms with Crippen LogP contribution in [0, 0.1) is 0 Å². The summed E-state index contributed by atoms with van der Waals surface area (Å²) in [5.74, 6) is 0.553. The van der Waals surface area contributed by atoms with Crippen LogP contribution in [-0.2, 0) is 25.9 Å². The molecule has 1 aliphatic heterocycles. The van der Waals surface area contributed by atoms with E-state index in [4.69, 9.17) is 4.74 Å². The molecule has 4 rings (SSSR count). The first-order valence-corrected chi connectivity index (χ1v) is 10.0. The summed E-state index contributed by atoms with van der Waals surface area (Å²) in [5.41, 5.74) is 4.48. The van der Waals surface area contributed by atoms with E-state index in [1.54, 1.807) is 0 Å². The summed E-state index contributed by atoms with van der Waals surface area (Å²) in [7, 11) is 0. The Morgan fingerprint density at radius 3 is 2.29 bits per heavy atom. The van der Waals surface area contributed by atoms with Gasteiger partial charge in [0.2, 0.25) is 5.88 Å². The van der Waals surface area contributed by atoms with E-state index in [1.807, 2.05) is 48.7 Å². The fourth-order valence-corrected chi connectivity index (χ4v) is 3.19. The minimum absolute atomic E-state index is 0.503. The molecule has 0 saturated carbocycles. The van der Waals surface area contributed by atoms with Gasteiger partial charge in [-0.05, 0) is 62.0 Å². The van der Waals surface area contributed by atoms with E-state index in [9.17, 15) is 0 Å². The lowest BCUT2D eigenvalue weighted by Crippen LogP contribution is -2.38. The molecular weight excluding hydrogens is 348 g/mol. The molecule has 1 aliphatic rings. The first-order valence-electron chi connectivity index (χ1n) is 10.0. The molecule has 0 amide bonds. The van der Waals surface area contributed by atoms with Gasteiger partial charge in [0.15, 0.2) is 0 Å². The lowest BCUT2D eigenvalue weighted by Gasteiger charge is -2.30. The Bertz CT molecular complexity index is 846. The lowest BCUT2D eigenvalue weighted by atomic mass is 10.1. The number of hydrogen-bond acceptors (Lipinski definition) is 5. The molecule has 28 heavy (non-hydrogen) atoms. The van der Waals surface area contributed by atoms with Crippen molar-refractivity contribution in [3.63, 3.8) is 0 Å². The van der Waals surface area contributed by atoms with Crippen molar-refractivity contribution in [2.24, 2.45) is 0 Å². The number of benzene rings is 1. The smallest absolute Gasteiger partial charge is 0.233 e. The average molecular weight is 374 g/mol. The van der Waals surface area contributed by atoms with Crippen LogP contribution in [0.4, 0.5) is 0 Å². The highest BCUT2D eigenvalue weighted by atomic mass is 16.5. The number of likely N-dealkylation sites (tertiary alicyclic amines) is 1. The zero-order valence-electron chi connectivity index (χ0n) is 16.1. The second kappa shape index (κ2) is 9.42. The molecule has 3 heterocycles. The van der Waals surface area contributed by atoms with Gasteiger partial charge in [0.05, 0.1) is 5.69 Å². The van der Waals surface area contributed by atoms with Crippen LogP contribution in [-0.4, -0.2) is 39.7 Å². The minimum Gasteiger partial charge on any atom is -0.472 e. The quantitative estimate of drug-likeness (QED) is 0.574. The van der Waals surface area contributed by atoms with Gasteiger partial charge in [-0.15, -0.1) is 5.10 Å². The van der Waals surface area contributed by atoms with Crippen LogP contribution in [0.2, 0.25) is 0 Å². The van der Waals surface area contributed by atoms with Crippen LogP contribution in [0.3, 0.4) is 0 Å². The number of aromatic nitrogens is 3. The van der Waals surface area contributed by atoms with Crippen molar-refractivity contribution in [1.29, 1.82) is 0 Å². The molecule has 2 aromatic heterocycles. The normalized spacial score (nSPS) is 13.9. The number of rotatable bonds is 9. The van der Waals surface area contributed by atoms with Gasteiger partial charge in [-0.25, -0.2) is 0 Å². The Morgan fingerprint density at radius 1 is 0.786 bits per heavy atom. The van der Waals surface area contributed by atoms with Gasteiger partial charge < -0.3 is 9.64 Å². The summed E-state index contributed by atoms with van der Waals surface area (Å²) in [6.07, 6.45) is 6.14. The van der Waals surface area contributed by atoms with E-state index in [0.717, 1.165) is 42.8 Å². The molecule has 5 heteroatoms. The molecule has 5 nitrogen and oxygen atoms in total. The topological polar surface area (TPSA) is 51.1 Å². The van der Waals surface area contributed by atoms with Crippen LogP contribution in [0.1, 0.15) is 28.9 Å². The highest BCUT2D eigenvalue weighted by Gasteiger charge is 2.12. The Balaban J connectivity index is 1.22. The highest BCUT2D eigenvalue weighted by Crippen LogP contribution is 2.11. The number of nitrogens with zero attached hydrogens (tertiary/aromatic N) is 4. The van der Waals surface area contributed by atoms with E-state index in [2.05, 4.69) is 32.2 Å². The molecule has 0 aliphatic carbocycles. The van der Waals surface area contributed by atoms with E-state index in [0.29, 0.717) is 12.5 Å². The third kappa shape index (κ3) is 5.36. The van der Waals surface area contributed by atoms with Crippen LogP contribution in [0.5, 0.6) is 5.88 Å². The molecule has 1 saturated heterocycles. The van der Waals surface area contributed by atoms with Crippen molar-refractivity contribution < 1.29 is 4.74 Å². The highest BCUT2D eigenvalue weighted by molar-refractivity contribution is 5.18. The van der Waals surface area contributed by atoms with Gasteiger partial charge in [-0.1, -0.05) is 36.4 Å². The van der Waals surface area contributed by atoms with Crippen molar-refractivity contribution >= 4 is 0 Å². The van der Waals surface area contributed by atoms with Crippen molar-refractivity contribution in [3.05, 3.63) is 83.3 Å².